The maximum Gasteiger partial charge on any atom is 0.146 e. The van der Waals surface area contributed by atoms with Gasteiger partial charge >= 0.3 is 0 Å². The molecule has 0 bridgehead atoms. The van der Waals surface area contributed by atoms with Gasteiger partial charge < -0.3 is 5.32 Å². The molecule has 0 aliphatic rings. The van der Waals surface area contributed by atoms with Crippen LogP contribution < -0.4 is 5.32 Å². The van der Waals surface area contributed by atoms with Crippen LogP contribution in [0.3, 0.4) is 0 Å². The van der Waals surface area contributed by atoms with Crippen molar-refractivity contribution >= 4 is 28.1 Å². The van der Waals surface area contributed by atoms with Gasteiger partial charge in [0, 0.05) is 29.3 Å². The van der Waals surface area contributed by atoms with Gasteiger partial charge in [0.15, 0.2) is 0 Å². The predicted octanol–water partition coefficient (Wildman–Crippen LogP) is 4.64. The molecule has 20 heavy (non-hydrogen) atoms. The summed E-state index contributed by atoms with van der Waals surface area (Å²) >= 11 is 5.86. The molecule has 1 heterocycles. The predicted molar refractivity (Wildman–Crippen MR) is 80.5 cm³/mol. The van der Waals surface area contributed by atoms with Gasteiger partial charge in [-0.05, 0) is 41.3 Å². The molecule has 0 atom stereocenters. The van der Waals surface area contributed by atoms with E-state index in [0.717, 1.165) is 16.3 Å². The van der Waals surface area contributed by atoms with Crippen LogP contribution in [0.2, 0.25) is 5.02 Å². The number of hydrogen-bond donors (Lipinski definition) is 1. The molecule has 100 valence electrons. The van der Waals surface area contributed by atoms with E-state index in [1.54, 1.807) is 12.3 Å². The first kappa shape index (κ1) is 12.9. The summed E-state index contributed by atoms with van der Waals surface area (Å²) in [7, 11) is 0. The fraction of sp³-hybridized carbons (Fsp3) is 0.0625. The van der Waals surface area contributed by atoms with Crippen LogP contribution in [-0.4, -0.2) is 4.98 Å². The lowest BCUT2D eigenvalue weighted by molar-refractivity contribution is 0.630. The van der Waals surface area contributed by atoms with Gasteiger partial charge in [-0.15, -0.1) is 0 Å². The highest BCUT2D eigenvalue weighted by atomic mass is 35.5. The fourth-order valence-electron chi connectivity index (χ4n) is 2.07. The van der Waals surface area contributed by atoms with Crippen molar-refractivity contribution in [3.63, 3.8) is 0 Å². The van der Waals surface area contributed by atoms with Crippen molar-refractivity contribution in [2.24, 2.45) is 0 Å². The van der Waals surface area contributed by atoms with Crippen molar-refractivity contribution in [1.82, 2.24) is 4.98 Å². The maximum atomic E-state index is 13.6. The minimum absolute atomic E-state index is 0.306. The Labute approximate surface area is 121 Å². The van der Waals surface area contributed by atoms with Crippen LogP contribution in [0.4, 0.5) is 10.1 Å². The summed E-state index contributed by atoms with van der Waals surface area (Å²) in [5.74, 6) is -0.306. The quantitative estimate of drug-likeness (QED) is 0.759. The number of nitrogens with one attached hydrogen (secondary N) is 1. The van der Waals surface area contributed by atoms with Gasteiger partial charge in [0.1, 0.15) is 5.82 Å². The maximum absolute atomic E-state index is 13.6. The topological polar surface area (TPSA) is 24.9 Å². The van der Waals surface area contributed by atoms with E-state index in [1.165, 1.54) is 12.1 Å². The van der Waals surface area contributed by atoms with Gasteiger partial charge in [0.25, 0.3) is 0 Å². The van der Waals surface area contributed by atoms with Crippen molar-refractivity contribution in [3.05, 3.63) is 71.3 Å². The molecule has 0 saturated heterocycles. The van der Waals surface area contributed by atoms with Gasteiger partial charge in [-0.3, -0.25) is 4.98 Å². The Morgan fingerprint density at radius 3 is 2.85 bits per heavy atom. The third-order valence-corrected chi connectivity index (χ3v) is 3.35. The first-order valence-electron chi connectivity index (χ1n) is 6.24. The summed E-state index contributed by atoms with van der Waals surface area (Å²) in [6.07, 6.45) is 3.58. The second-order valence-electron chi connectivity index (χ2n) is 4.53. The number of fused-ring (bicyclic) bond motifs is 1. The Balaban J connectivity index is 1.81. The number of nitrogens with zero attached hydrogens (tertiary/aromatic N) is 1. The molecule has 0 saturated carbocycles. The van der Waals surface area contributed by atoms with Crippen LogP contribution in [0, 0.1) is 5.82 Å². The summed E-state index contributed by atoms with van der Waals surface area (Å²) in [6, 6.07) is 12.5. The van der Waals surface area contributed by atoms with Crippen molar-refractivity contribution in [2.45, 2.75) is 6.54 Å². The van der Waals surface area contributed by atoms with Crippen LogP contribution in [0.1, 0.15) is 5.56 Å². The zero-order chi connectivity index (χ0) is 13.9. The van der Waals surface area contributed by atoms with E-state index in [2.05, 4.69) is 16.4 Å². The Hall–Kier alpha value is -2.13. The molecule has 0 aliphatic heterocycles. The minimum Gasteiger partial charge on any atom is -0.379 e. The molecule has 1 aromatic heterocycles. The highest BCUT2D eigenvalue weighted by molar-refractivity contribution is 6.30. The molecule has 0 unspecified atom stereocenters. The third kappa shape index (κ3) is 2.73. The third-order valence-electron chi connectivity index (χ3n) is 3.12. The van der Waals surface area contributed by atoms with Gasteiger partial charge in [0.05, 0.1) is 5.69 Å². The van der Waals surface area contributed by atoms with Crippen molar-refractivity contribution in [2.75, 3.05) is 5.32 Å². The highest BCUT2D eigenvalue weighted by Gasteiger charge is 2.03. The first-order chi connectivity index (χ1) is 9.72. The van der Waals surface area contributed by atoms with E-state index in [1.807, 2.05) is 24.4 Å². The molecule has 3 rings (SSSR count). The van der Waals surface area contributed by atoms with Gasteiger partial charge in [-0.2, -0.15) is 0 Å². The van der Waals surface area contributed by atoms with Gasteiger partial charge in [0.2, 0.25) is 0 Å². The average molecular weight is 287 g/mol. The van der Waals surface area contributed by atoms with Crippen molar-refractivity contribution in [3.8, 4) is 0 Å². The van der Waals surface area contributed by atoms with Crippen LogP contribution in [-0.2, 0) is 6.54 Å². The molecule has 2 aromatic carbocycles. The van der Waals surface area contributed by atoms with E-state index < -0.39 is 0 Å². The lowest BCUT2D eigenvalue weighted by Gasteiger charge is -2.09. The Morgan fingerprint density at radius 1 is 1.05 bits per heavy atom. The van der Waals surface area contributed by atoms with Crippen LogP contribution >= 0.6 is 11.6 Å². The average Bonchev–Trinajstić information content (AvgIpc) is 2.48. The highest BCUT2D eigenvalue weighted by Crippen LogP contribution is 2.21. The van der Waals surface area contributed by atoms with E-state index in [0.29, 0.717) is 17.3 Å². The molecular weight excluding hydrogens is 275 g/mol. The largest absolute Gasteiger partial charge is 0.379 e. The van der Waals surface area contributed by atoms with Crippen LogP contribution in [0.25, 0.3) is 10.8 Å². The lowest BCUT2D eigenvalue weighted by Crippen LogP contribution is -2.01. The molecule has 1 N–H and O–H groups in total. The van der Waals surface area contributed by atoms with E-state index in [-0.39, 0.29) is 5.82 Å². The molecule has 0 aliphatic carbocycles. The number of hydrogen-bond acceptors (Lipinski definition) is 2. The van der Waals surface area contributed by atoms with Gasteiger partial charge in [-0.25, -0.2) is 4.39 Å². The standard InChI is InChI=1S/C16H12ClFN2/c17-14-3-4-15(18)16(8-14)20-9-11-1-2-13-10-19-6-5-12(13)7-11/h1-8,10,20H,9H2. The molecule has 0 fully saturated rings. The number of rotatable bonds is 3. The van der Waals surface area contributed by atoms with E-state index >= 15 is 0 Å². The Kier molecular flexibility index (Phi) is 3.52. The number of benzene rings is 2. The normalized spacial score (nSPS) is 10.7. The number of anilines is 1. The van der Waals surface area contributed by atoms with Crippen LogP contribution in [0.15, 0.2) is 54.9 Å². The summed E-state index contributed by atoms with van der Waals surface area (Å²) in [5, 5.41) is 5.78. The number of aromatic nitrogens is 1. The molecular formula is C16H12ClFN2. The zero-order valence-corrected chi connectivity index (χ0v) is 11.4. The summed E-state index contributed by atoms with van der Waals surface area (Å²) in [5.41, 5.74) is 1.48. The lowest BCUT2D eigenvalue weighted by atomic mass is 10.1. The molecule has 3 aromatic rings. The smallest absolute Gasteiger partial charge is 0.146 e. The molecule has 2 nitrogen and oxygen atoms in total. The number of pyridine rings is 1. The fourth-order valence-corrected chi connectivity index (χ4v) is 2.25. The second kappa shape index (κ2) is 5.47. The number of halogens is 2. The van der Waals surface area contributed by atoms with Crippen LogP contribution in [0.5, 0.6) is 0 Å². The molecule has 4 heteroatoms. The summed E-state index contributed by atoms with van der Waals surface area (Å²) in [6.45, 7) is 0.537. The SMILES string of the molecule is Fc1ccc(Cl)cc1NCc1ccc2cnccc2c1. The van der Waals surface area contributed by atoms with Crippen molar-refractivity contribution in [1.29, 1.82) is 0 Å². The summed E-state index contributed by atoms with van der Waals surface area (Å²) < 4.78 is 13.6. The summed E-state index contributed by atoms with van der Waals surface area (Å²) in [4.78, 5) is 4.08. The Morgan fingerprint density at radius 2 is 1.95 bits per heavy atom. The second-order valence-corrected chi connectivity index (χ2v) is 4.97. The first-order valence-corrected chi connectivity index (χ1v) is 6.62. The molecule has 0 amide bonds. The monoisotopic (exact) mass is 286 g/mol. The van der Waals surface area contributed by atoms with Crippen molar-refractivity contribution < 1.29 is 4.39 Å². The molecule has 0 spiro atoms. The zero-order valence-electron chi connectivity index (χ0n) is 10.6. The van der Waals surface area contributed by atoms with Gasteiger partial charge in [-0.1, -0.05) is 23.7 Å². The van der Waals surface area contributed by atoms with E-state index in [9.17, 15) is 4.39 Å². The molecule has 0 radical (unpaired) electrons. The van der Waals surface area contributed by atoms with E-state index in [4.69, 9.17) is 11.6 Å². The Bertz CT molecular complexity index is 758. The minimum atomic E-state index is -0.306.